The minimum Gasteiger partial charge on any atom is -0.455 e. The van der Waals surface area contributed by atoms with Crippen LogP contribution in [0.15, 0.2) is 33.7 Å². The molecule has 2 rings (SSSR count). The van der Waals surface area contributed by atoms with E-state index in [0.29, 0.717) is 5.82 Å². The van der Waals surface area contributed by atoms with Crippen molar-refractivity contribution in [3.05, 3.63) is 41.5 Å². The number of aryl methyl sites for hydroxylation is 1. The van der Waals surface area contributed by atoms with Crippen molar-refractivity contribution in [2.75, 3.05) is 6.54 Å². The van der Waals surface area contributed by atoms with Crippen LogP contribution in [-0.2, 0) is 26.2 Å². The molecule has 130 valence electrons. The number of sulfonamides is 1. The SMILES string of the molecule is Cc1ccc(S(=O)(=O)NCC(=O)OCc2nc(C(C)C)no2)cc1. The lowest BCUT2D eigenvalue weighted by molar-refractivity contribution is -0.144. The Morgan fingerprint density at radius 2 is 1.96 bits per heavy atom. The quantitative estimate of drug-likeness (QED) is 0.751. The topological polar surface area (TPSA) is 111 Å². The molecule has 0 amide bonds. The standard InChI is InChI=1S/C15H19N3O5S/c1-10(2)15-17-13(23-18-15)9-22-14(19)8-16-24(20,21)12-6-4-11(3)5-7-12/h4-7,10,16H,8-9H2,1-3H3. The van der Waals surface area contributed by atoms with E-state index < -0.39 is 22.5 Å². The third-order valence-corrected chi connectivity index (χ3v) is 4.51. The van der Waals surface area contributed by atoms with Crippen LogP contribution < -0.4 is 4.72 Å². The van der Waals surface area contributed by atoms with Crippen LogP contribution in [0.25, 0.3) is 0 Å². The fourth-order valence-electron chi connectivity index (χ4n) is 1.71. The molecule has 24 heavy (non-hydrogen) atoms. The molecule has 0 radical (unpaired) electrons. The van der Waals surface area contributed by atoms with E-state index in [9.17, 15) is 13.2 Å². The zero-order valence-corrected chi connectivity index (χ0v) is 14.5. The lowest BCUT2D eigenvalue weighted by atomic mass is 10.2. The van der Waals surface area contributed by atoms with Crippen LogP contribution >= 0.6 is 0 Å². The van der Waals surface area contributed by atoms with Crippen molar-refractivity contribution >= 4 is 16.0 Å². The van der Waals surface area contributed by atoms with Gasteiger partial charge in [0.1, 0.15) is 6.54 Å². The zero-order valence-electron chi connectivity index (χ0n) is 13.6. The summed E-state index contributed by atoms with van der Waals surface area (Å²) in [5.41, 5.74) is 0.939. The molecular formula is C15H19N3O5S. The Labute approximate surface area is 140 Å². The third-order valence-electron chi connectivity index (χ3n) is 3.09. The molecule has 8 nitrogen and oxygen atoms in total. The van der Waals surface area contributed by atoms with Crippen molar-refractivity contribution < 1.29 is 22.5 Å². The second kappa shape index (κ2) is 7.54. The number of benzene rings is 1. The molecule has 0 unspecified atom stereocenters. The van der Waals surface area contributed by atoms with Crippen LogP contribution in [0.5, 0.6) is 0 Å². The van der Waals surface area contributed by atoms with Gasteiger partial charge in [-0.1, -0.05) is 36.7 Å². The molecular weight excluding hydrogens is 334 g/mol. The Bertz CT molecular complexity index is 797. The van der Waals surface area contributed by atoms with Crippen molar-refractivity contribution in [2.24, 2.45) is 0 Å². The number of esters is 1. The van der Waals surface area contributed by atoms with Crippen molar-refractivity contribution in [2.45, 2.75) is 38.2 Å². The summed E-state index contributed by atoms with van der Waals surface area (Å²) < 4.78 is 36.1. The van der Waals surface area contributed by atoms with Gasteiger partial charge in [-0.05, 0) is 19.1 Å². The number of aromatic nitrogens is 2. The predicted molar refractivity (Wildman–Crippen MR) is 84.6 cm³/mol. The average molecular weight is 353 g/mol. The van der Waals surface area contributed by atoms with Crippen molar-refractivity contribution in [1.82, 2.24) is 14.9 Å². The molecule has 0 atom stereocenters. The van der Waals surface area contributed by atoms with Gasteiger partial charge < -0.3 is 9.26 Å². The number of hydrogen-bond donors (Lipinski definition) is 1. The summed E-state index contributed by atoms with van der Waals surface area (Å²) in [6, 6.07) is 6.29. The molecule has 0 saturated carbocycles. The number of rotatable bonds is 7. The Morgan fingerprint density at radius 3 is 2.54 bits per heavy atom. The minimum absolute atomic E-state index is 0.0828. The van der Waals surface area contributed by atoms with E-state index in [2.05, 4.69) is 14.9 Å². The minimum atomic E-state index is -3.76. The first-order valence-corrected chi connectivity index (χ1v) is 8.80. The van der Waals surface area contributed by atoms with Crippen LogP contribution in [0, 0.1) is 6.92 Å². The number of ether oxygens (including phenoxy) is 1. The van der Waals surface area contributed by atoms with Crippen molar-refractivity contribution in [3.63, 3.8) is 0 Å². The fourth-order valence-corrected chi connectivity index (χ4v) is 2.68. The first-order valence-electron chi connectivity index (χ1n) is 7.32. The van der Waals surface area contributed by atoms with E-state index in [4.69, 9.17) is 9.26 Å². The number of carbonyl (C=O) groups excluding carboxylic acids is 1. The number of nitrogens with zero attached hydrogens (tertiary/aromatic N) is 2. The van der Waals surface area contributed by atoms with Crippen LogP contribution in [-0.4, -0.2) is 31.1 Å². The number of hydrogen-bond acceptors (Lipinski definition) is 7. The number of nitrogens with one attached hydrogen (secondary N) is 1. The lowest BCUT2D eigenvalue weighted by Gasteiger charge is -2.06. The molecule has 0 aliphatic rings. The third kappa shape index (κ3) is 4.87. The normalized spacial score (nSPS) is 11.7. The summed E-state index contributed by atoms with van der Waals surface area (Å²) in [7, 11) is -3.76. The predicted octanol–water partition coefficient (Wildman–Crippen LogP) is 1.52. The summed E-state index contributed by atoms with van der Waals surface area (Å²) in [6.07, 6.45) is 0. The van der Waals surface area contributed by atoms with Crippen LogP contribution in [0.4, 0.5) is 0 Å². The molecule has 1 aromatic carbocycles. The average Bonchev–Trinajstić information content (AvgIpc) is 3.01. The van der Waals surface area contributed by atoms with Gasteiger partial charge >= 0.3 is 5.97 Å². The van der Waals surface area contributed by atoms with E-state index in [0.717, 1.165) is 5.56 Å². The van der Waals surface area contributed by atoms with Crippen LogP contribution in [0.3, 0.4) is 0 Å². The molecule has 0 bridgehead atoms. The summed E-state index contributed by atoms with van der Waals surface area (Å²) in [4.78, 5) is 15.8. The highest BCUT2D eigenvalue weighted by molar-refractivity contribution is 7.89. The lowest BCUT2D eigenvalue weighted by Crippen LogP contribution is -2.30. The highest BCUT2D eigenvalue weighted by Crippen LogP contribution is 2.11. The molecule has 0 spiro atoms. The first kappa shape index (κ1) is 18.1. The maximum absolute atomic E-state index is 12.0. The van der Waals surface area contributed by atoms with Crippen LogP contribution in [0.2, 0.25) is 0 Å². The summed E-state index contributed by atoms with van der Waals surface area (Å²) in [5, 5.41) is 3.74. The monoisotopic (exact) mass is 353 g/mol. The first-order chi connectivity index (χ1) is 11.3. The fraction of sp³-hybridized carbons (Fsp3) is 0.400. The van der Waals surface area contributed by atoms with E-state index in [1.165, 1.54) is 12.1 Å². The van der Waals surface area contributed by atoms with E-state index >= 15 is 0 Å². The molecule has 2 aromatic rings. The number of carbonyl (C=O) groups is 1. The van der Waals surface area contributed by atoms with Gasteiger partial charge in [0, 0.05) is 5.92 Å². The summed E-state index contributed by atoms with van der Waals surface area (Å²) >= 11 is 0. The van der Waals surface area contributed by atoms with E-state index in [-0.39, 0.29) is 23.3 Å². The molecule has 1 aromatic heterocycles. The molecule has 0 aliphatic carbocycles. The van der Waals surface area contributed by atoms with Gasteiger partial charge in [0.2, 0.25) is 10.0 Å². The second-order valence-corrected chi connectivity index (χ2v) is 7.27. The van der Waals surface area contributed by atoms with Crippen molar-refractivity contribution in [1.29, 1.82) is 0 Å². The van der Waals surface area contributed by atoms with Gasteiger partial charge in [0.05, 0.1) is 4.90 Å². The molecule has 0 aliphatic heterocycles. The highest BCUT2D eigenvalue weighted by atomic mass is 32.2. The zero-order chi connectivity index (χ0) is 17.7. The van der Waals surface area contributed by atoms with Crippen molar-refractivity contribution in [3.8, 4) is 0 Å². The molecule has 1 heterocycles. The Balaban J connectivity index is 1.85. The van der Waals surface area contributed by atoms with Gasteiger partial charge in [-0.3, -0.25) is 4.79 Å². The van der Waals surface area contributed by atoms with Crippen LogP contribution in [0.1, 0.15) is 37.0 Å². The molecule has 0 saturated heterocycles. The Kier molecular flexibility index (Phi) is 5.68. The van der Waals surface area contributed by atoms with Gasteiger partial charge in [-0.2, -0.15) is 9.71 Å². The smallest absolute Gasteiger partial charge is 0.321 e. The maximum Gasteiger partial charge on any atom is 0.321 e. The summed E-state index contributed by atoms with van der Waals surface area (Å²) in [5.74, 6) is 0.0315. The maximum atomic E-state index is 12.0. The Hall–Kier alpha value is -2.26. The molecule has 9 heteroatoms. The largest absolute Gasteiger partial charge is 0.455 e. The van der Waals surface area contributed by atoms with E-state index in [1.807, 2.05) is 20.8 Å². The van der Waals surface area contributed by atoms with Gasteiger partial charge in [0.25, 0.3) is 5.89 Å². The van der Waals surface area contributed by atoms with Gasteiger partial charge in [-0.15, -0.1) is 0 Å². The summed E-state index contributed by atoms with van der Waals surface area (Å²) in [6.45, 7) is 4.97. The van der Waals surface area contributed by atoms with E-state index in [1.54, 1.807) is 12.1 Å². The Morgan fingerprint density at radius 1 is 1.29 bits per heavy atom. The second-order valence-electron chi connectivity index (χ2n) is 5.50. The molecule has 0 fully saturated rings. The van der Waals surface area contributed by atoms with Gasteiger partial charge in [-0.25, -0.2) is 8.42 Å². The van der Waals surface area contributed by atoms with Gasteiger partial charge in [0.15, 0.2) is 12.4 Å². The highest BCUT2D eigenvalue weighted by Gasteiger charge is 2.17. The molecule has 1 N–H and O–H groups in total.